The Morgan fingerprint density at radius 2 is 1.79 bits per heavy atom. The maximum atomic E-state index is 15.4. The zero-order chi connectivity index (χ0) is 30.1. The number of carbonyl (C=O) groups is 1. The molecule has 0 bridgehead atoms. The van der Waals surface area contributed by atoms with Gasteiger partial charge < -0.3 is 10.1 Å². The lowest BCUT2D eigenvalue weighted by Gasteiger charge is -2.18. The van der Waals surface area contributed by atoms with E-state index in [1.54, 1.807) is 90.9 Å². The van der Waals surface area contributed by atoms with Crippen LogP contribution < -0.4 is 10.1 Å². The monoisotopic (exact) mass is 586 g/mol. The first kappa shape index (κ1) is 28.9. The van der Waals surface area contributed by atoms with Crippen molar-refractivity contribution in [1.82, 2.24) is 14.8 Å². The van der Waals surface area contributed by atoms with E-state index < -0.39 is 15.7 Å². The summed E-state index contributed by atoms with van der Waals surface area (Å²) < 4.78 is 49.1. The average Bonchev–Trinajstić information content (AvgIpc) is 3.42. The van der Waals surface area contributed by atoms with E-state index in [2.05, 4.69) is 15.4 Å². The van der Waals surface area contributed by atoms with Gasteiger partial charge in [0.2, 0.25) is 5.91 Å². The van der Waals surface area contributed by atoms with Gasteiger partial charge in [-0.2, -0.15) is 5.10 Å². The summed E-state index contributed by atoms with van der Waals surface area (Å²) in [5, 5.41) is 7.63. The lowest BCUT2D eigenvalue weighted by Crippen LogP contribution is -2.22. The number of amides is 1. The van der Waals surface area contributed by atoms with Gasteiger partial charge in [0.05, 0.1) is 40.0 Å². The summed E-state index contributed by atoms with van der Waals surface area (Å²) in [5.74, 6) is -0.418. The van der Waals surface area contributed by atoms with E-state index in [-0.39, 0.29) is 45.4 Å². The van der Waals surface area contributed by atoms with Crippen molar-refractivity contribution in [2.75, 3.05) is 5.32 Å². The van der Waals surface area contributed by atoms with Crippen molar-refractivity contribution in [3.8, 4) is 11.5 Å². The number of benzene rings is 3. The van der Waals surface area contributed by atoms with Gasteiger partial charge in [0.15, 0.2) is 9.84 Å². The van der Waals surface area contributed by atoms with E-state index in [1.165, 1.54) is 6.07 Å². The van der Waals surface area contributed by atoms with Gasteiger partial charge in [-0.05, 0) is 75.2 Å². The van der Waals surface area contributed by atoms with E-state index in [9.17, 15) is 13.2 Å². The minimum atomic E-state index is -3.55. The number of nitrogens with zero attached hydrogens (tertiary/aromatic N) is 3. The number of ether oxygens (including phenoxy) is 1. The fourth-order valence-electron chi connectivity index (χ4n) is 4.50. The third-order valence-electron chi connectivity index (χ3n) is 6.77. The van der Waals surface area contributed by atoms with E-state index in [0.717, 1.165) is 0 Å². The molecule has 0 atom stereocenters. The number of sulfone groups is 1. The Kier molecular flexibility index (Phi) is 7.83. The van der Waals surface area contributed by atoms with Crippen molar-refractivity contribution in [2.45, 2.75) is 50.3 Å². The van der Waals surface area contributed by atoms with Crippen molar-refractivity contribution in [3.05, 3.63) is 108 Å². The normalized spacial score (nSPS) is 11.9. The molecule has 0 radical (unpaired) electrons. The first-order valence-corrected chi connectivity index (χ1v) is 15.0. The molecule has 216 valence electrons. The molecule has 0 saturated carbocycles. The van der Waals surface area contributed by atoms with Crippen molar-refractivity contribution in [2.24, 2.45) is 0 Å². The smallest absolute Gasteiger partial charge is 0.228 e. The Labute approximate surface area is 244 Å². The van der Waals surface area contributed by atoms with Crippen LogP contribution in [0.25, 0.3) is 10.9 Å². The zero-order valence-corrected chi connectivity index (χ0v) is 24.6. The van der Waals surface area contributed by atoms with Crippen LogP contribution in [0.2, 0.25) is 0 Å². The van der Waals surface area contributed by atoms with Crippen LogP contribution in [0, 0.1) is 12.7 Å². The van der Waals surface area contributed by atoms with Crippen molar-refractivity contribution < 1.29 is 22.3 Å². The Hall–Kier alpha value is -4.57. The molecule has 0 aliphatic heterocycles. The molecule has 0 unspecified atom stereocenters. The number of nitrogens with one attached hydrogen (secondary N) is 1. The Balaban J connectivity index is 1.35. The van der Waals surface area contributed by atoms with Gasteiger partial charge in [0.25, 0.3) is 0 Å². The van der Waals surface area contributed by atoms with Crippen molar-refractivity contribution in [3.63, 3.8) is 0 Å². The van der Waals surface area contributed by atoms with Gasteiger partial charge in [0, 0.05) is 23.3 Å². The second-order valence-electron chi connectivity index (χ2n) is 11.1. The first-order valence-electron chi connectivity index (χ1n) is 13.4. The molecular weight excluding hydrogens is 555 g/mol. The highest BCUT2D eigenvalue weighted by Gasteiger charge is 2.19. The molecule has 5 aromatic rings. The molecule has 1 amide bonds. The maximum Gasteiger partial charge on any atom is 0.228 e. The summed E-state index contributed by atoms with van der Waals surface area (Å²) in [6, 6.07) is 18.2. The molecule has 1 N–H and O–H groups in total. The largest absolute Gasteiger partial charge is 0.456 e. The highest BCUT2D eigenvalue weighted by Crippen LogP contribution is 2.33. The number of hydrogen-bond donors (Lipinski definition) is 1. The van der Waals surface area contributed by atoms with Crippen LogP contribution >= 0.6 is 0 Å². The number of fused-ring (bicyclic) bond motifs is 1. The summed E-state index contributed by atoms with van der Waals surface area (Å²) >= 11 is 0. The molecule has 5 rings (SSSR count). The van der Waals surface area contributed by atoms with Crippen LogP contribution in [0.3, 0.4) is 0 Å². The standard InChI is InChI=1S/C32H31FN4O4S/c1-21-28(13-11-23(31(21)33)17-30(38)36-24-18-35-37(19-24)32(2,3)4)41-29-14-15-34-27-12-10-22(16-26(27)29)20-42(39,40)25-8-6-5-7-9-25/h5-16,18-19H,17,20H2,1-4H3,(H,36,38). The molecular formula is C32H31FN4O4S. The minimum Gasteiger partial charge on any atom is -0.456 e. The Morgan fingerprint density at radius 1 is 1.02 bits per heavy atom. The Bertz CT molecular complexity index is 1880. The van der Waals surface area contributed by atoms with Crippen LogP contribution in [-0.2, 0) is 32.3 Å². The van der Waals surface area contributed by atoms with Gasteiger partial charge in [-0.15, -0.1) is 0 Å². The van der Waals surface area contributed by atoms with Crippen LogP contribution in [0.15, 0.2) is 90.2 Å². The molecule has 0 saturated heterocycles. The number of pyridine rings is 1. The van der Waals surface area contributed by atoms with E-state index in [4.69, 9.17) is 4.74 Å². The molecule has 2 aromatic heterocycles. The lowest BCUT2D eigenvalue weighted by atomic mass is 10.1. The summed E-state index contributed by atoms with van der Waals surface area (Å²) in [5.41, 5.74) is 1.95. The summed E-state index contributed by atoms with van der Waals surface area (Å²) in [6.07, 6.45) is 4.70. The molecule has 0 aliphatic carbocycles. The molecule has 3 aromatic carbocycles. The molecule has 10 heteroatoms. The molecule has 8 nitrogen and oxygen atoms in total. The average molecular weight is 587 g/mol. The highest BCUT2D eigenvalue weighted by molar-refractivity contribution is 7.90. The highest BCUT2D eigenvalue weighted by atomic mass is 32.2. The second-order valence-corrected chi connectivity index (χ2v) is 13.1. The number of halogens is 1. The van der Waals surface area contributed by atoms with Crippen LogP contribution in [0.1, 0.15) is 37.5 Å². The fraction of sp³-hybridized carbons (Fsp3) is 0.219. The van der Waals surface area contributed by atoms with E-state index in [0.29, 0.717) is 27.9 Å². The molecule has 0 spiro atoms. The second kappa shape index (κ2) is 11.4. The topological polar surface area (TPSA) is 103 Å². The number of anilines is 1. The van der Waals surface area contributed by atoms with Gasteiger partial charge in [-0.3, -0.25) is 14.5 Å². The van der Waals surface area contributed by atoms with Gasteiger partial charge >= 0.3 is 0 Å². The minimum absolute atomic E-state index is 0.162. The Morgan fingerprint density at radius 3 is 2.50 bits per heavy atom. The van der Waals surface area contributed by atoms with Crippen molar-refractivity contribution in [1.29, 1.82) is 0 Å². The molecule has 0 aliphatic rings. The number of hydrogen-bond acceptors (Lipinski definition) is 6. The van der Waals surface area contributed by atoms with Crippen LogP contribution in [0.4, 0.5) is 10.1 Å². The molecule has 0 fully saturated rings. The van der Waals surface area contributed by atoms with E-state index in [1.807, 2.05) is 20.8 Å². The van der Waals surface area contributed by atoms with Gasteiger partial charge in [-0.25, -0.2) is 12.8 Å². The predicted octanol–water partition coefficient (Wildman–Crippen LogP) is 6.58. The third-order valence-corrected chi connectivity index (χ3v) is 8.47. The van der Waals surface area contributed by atoms with Crippen LogP contribution in [0.5, 0.6) is 11.5 Å². The summed E-state index contributed by atoms with van der Waals surface area (Å²) in [4.78, 5) is 17.3. The summed E-state index contributed by atoms with van der Waals surface area (Å²) in [6.45, 7) is 7.58. The predicted molar refractivity (Wildman–Crippen MR) is 160 cm³/mol. The molecule has 2 heterocycles. The van der Waals surface area contributed by atoms with Crippen LogP contribution in [-0.4, -0.2) is 29.1 Å². The van der Waals surface area contributed by atoms with Gasteiger partial charge in [-0.1, -0.05) is 30.3 Å². The third kappa shape index (κ3) is 6.33. The number of aromatic nitrogens is 3. The maximum absolute atomic E-state index is 15.4. The zero-order valence-electron chi connectivity index (χ0n) is 23.8. The van der Waals surface area contributed by atoms with E-state index >= 15 is 4.39 Å². The summed E-state index contributed by atoms with van der Waals surface area (Å²) in [7, 11) is -3.55. The van der Waals surface area contributed by atoms with Crippen molar-refractivity contribution >= 4 is 32.3 Å². The fourth-order valence-corrected chi connectivity index (χ4v) is 5.86. The number of carbonyl (C=O) groups excluding carboxylic acids is 1. The quantitative estimate of drug-likeness (QED) is 0.220. The SMILES string of the molecule is Cc1c(Oc2ccnc3ccc(CS(=O)(=O)c4ccccc4)cc23)ccc(CC(=O)Nc2cnn(C(C)(C)C)c2)c1F. The van der Waals surface area contributed by atoms with Gasteiger partial charge in [0.1, 0.15) is 17.3 Å². The molecule has 42 heavy (non-hydrogen) atoms. The lowest BCUT2D eigenvalue weighted by molar-refractivity contribution is -0.115. The first-order chi connectivity index (χ1) is 19.9. The number of rotatable bonds is 8.